The van der Waals surface area contributed by atoms with Crippen molar-refractivity contribution in [3.8, 4) is 0 Å². The van der Waals surface area contributed by atoms with Crippen molar-refractivity contribution < 1.29 is 18.5 Å². The number of nitrogens with one attached hydrogen (secondary N) is 4. The highest BCUT2D eigenvalue weighted by Crippen LogP contribution is 2.28. The van der Waals surface area contributed by atoms with Crippen LogP contribution < -0.4 is 15.4 Å². The number of amides is 1. The van der Waals surface area contributed by atoms with Crippen LogP contribution in [-0.4, -0.2) is 45.9 Å². The van der Waals surface area contributed by atoms with E-state index in [1.54, 1.807) is 6.20 Å². The number of alkyl carbamates (subject to hydrolysis) is 1. The quantitative estimate of drug-likeness (QED) is 0.617. The first-order chi connectivity index (χ1) is 13.5. The molecule has 3 heterocycles. The zero-order chi connectivity index (χ0) is 19.9. The Morgan fingerprint density at radius 3 is 2.93 bits per heavy atom. The van der Waals surface area contributed by atoms with Gasteiger partial charge in [-0.1, -0.05) is 6.07 Å². The van der Waals surface area contributed by atoms with E-state index in [1.165, 1.54) is 0 Å². The van der Waals surface area contributed by atoms with Gasteiger partial charge in [0, 0.05) is 36.3 Å². The Hall–Kier alpha value is -2.43. The van der Waals surface area contributed by atoms with Crippen molar-refractivity contribution in [2.24, 2.45) is 0 Å². The minimum atomic E-state index is -1.07. The molecule has 0 bridgehead atoms. The number of carbonyl (C=O) groups is 1. The van der Waals surface area contributed by atoms with Gasteiger partial charge in [-0.15, -0.1) is 0 Å². The van der Waals surface area contributed by atoms with Gasteiger partial charge in [0.1, 0.15) is 22.9 Å². The largest absolute Gasteiger partial charge is 0.444 e. The molecule has 152 valence electrons. The standard InChI is InChI=1S/C10H10N4OS.C8H15NO3/c15-16-9-3-1-2-8(7(9)6-12-16)13-10-4-5-11-14-10;1-6(2)9-8(10)12-7-3-4-11-5-7/h1-5,12H,6H2,(H2,11,13,14);6-7H,3-5H2,1-2H3,(H,9,10). The fraction of sp³-hybridized carbons (Fsp3) is 0.444. The number of hydrogen-bond acceptors (Lipinski definition) is 6. The highest BCUT2D eigenvalue weighted by molar-refractivity contribution is 7.83. The third-order valence-corrected chi connectivity index (χ3v) is 5.24. The van der Waals surface area contributed by atoms with Crippen molar-refractivity contribution in [3.63, 3.8) is 0 Å². The molecule has 1 aromatic heterocycles. The van der Waals surface area contributed by atoms with E-state index in [4.69, 9.17) is 9.47 Å². The molecule has 0 aliphatic carbocycles. The van der Waals surface area contributed by atoms with Gasteiger partial charge in [0.05, 0.1) is 24.3 Å². The highest BCUT2D eigenvalue weighted by Gasteiger charge is 2.21. The smallest absolute Gasteiger partial charge is 0.407 e. The summed E-state index contributed by atoms with van der Waals surface area (Å²) in [6.45, 7) is 5.64. The summed E-state index contributed by atoms with van der Waals surface area (Å²) in [7, 11) is -1.07. The molecule has 1 saturated heterocycles. The first-order valence-electron chi connectivity index (χ1n) is 9.11. The third-order valence-electron chi connectivity index (χ3n) is 4.05. The fourth-order valence-electron chi connectivity index (χ4n) is 2.75. The molecule has 4 N–H and O–H groups in total. The van der Waals surface area contributed by atoms with Crippen LogP contribution in [0.25, 0.3) is 0 Å². The number of aromatic nitrogens is 2. The average Bonchev–Trinajstić information content (AvgIpc) is 3.39. The second kappa shape index (κ2) is 9.67. The topological polar surface area (TPSA) is 117 Å². The van der Waals surface area contributed by atoms with Crippen LogP contribution in [0.3, 0.4) is 0 Å². The molecule has 2 aliphatic heterocycles. The maximum atomic E-state index is 11.6. The van der Waals surface area contributed by atoms with Crippen LogP contribution in [0.4, 0.5) is 16.3 Å². The molecule has 2 unspecified atom stereocenters. The molecule has 2 atom stereocenters. The maximum absolute atomic E-state index is 11.6. The molecule has 28 heavy (non-hydrogen) atoms. The average molecular weight is 407 g/mol. The van der Waals surface area contributed by atoms with Crippen LogP contribution in [-0.2, 0) is 27.0 Å². The second-order valence-electron chi connectivity index (χ2n) is 6.66. The van der Waals surface area contributed by atoms with Crippen molar-refractivity contribution in [1.29, 1.82) is 0 Å². The number of nitrogens with zero attached hydrogens (tertiary/aromatic N) is 1. The van der Waals surface area contributed by atoms with Gasteiger partial charge in [-0.2, -0.15) is 5.10 Å². The van der Waals surface area contributed by atoms with Crippen molar-refractivity contribution in [1.82, 2.24) is 20.2 Å². The number of carbonyl (C=O) groups excluding carboxylic acids is 1. The van der Waals surface area contributed by atoms with Gasteiger partial charge in [-0.25, -0.2) is 13.7 Å². The Morgan fingerprint density at radius 2 is 2.25 bits per heavy atom. The molecular weight excluding hydrogens is 382 g/mol. The van der Waals surface area contributed by atoms with Gasteiger partial charge in [0.2, 0.25) is 0 Å². The van der Waals surface area contributed by atoms with Crippen LogP contribution in [0.15, 0.2) is 35.4 Å². The van der Waals surface area contributed by atoms with Gasteiger partial charge in [-0.3, -0.25) is 5.10 Å². The molecular formula is C18H25N5O4S. The first kappa shape index (κ1) is 20.3. The van der Waals surface area contributed by atoms with E-state index in [0.717, 1.165) is 28.4 Å². The minimum Gasteiger partial charge on any atom is -0.444 e. The Bertz CT molecular complexity index is 806. The molecule has 1 fully saturated rings. The molecule has 10 heteroatoms. The lowest BCUT2D eigenvalue weighted by atomic mass is 10.2. The van der Waals surface area contributed by atoms with Gasteiger partial charge in [0.15, 0.2) is 0 Å². The summed E-state index contributed by atoms with van der Waals surface area (Å²) in [6.07, 6.45) is 2.09. The number of H-pyrrole nitrogens is 1. The Labute approximate surface area is 166 Å². The summed E-state index contributed by atoms with van der Waals surface area (Å²) >= 11 is 0. The number of benzene rings is 1. The van der Waals surface area contributed by atoms with E-state index in [0.29, 0.717) is 19.8 Å². The molecule has 1 amide bonds. The molecule has 0 saturated carbocycles. The van der Waals surface area contributed by atoms with E-state index < -0.39 is 11.0 Å². The predicted molar refractivity (Wildman–Crippen MR) is 106 cm³/mol. The SMILES string of the molecule is CC(C)NC(=O)OC1CCOC1.O=S1NCc2c(Nc3ccn[nH]3)cccc21. The monoisotopic (exact) mass is 407 g/mol. The number of fused-ring (bicyclic) bond motifs is 1. The zero-order valence-corrected chi connectivity index (χ0v) is 16.7. The van der Waals surface area contributed by atoms with Gasteiger partial charge >= 0.3 is 6.09 Å². The number of rotatable bonds is 4. The molecule has 9 nitrogen and oxygen atoms in total. The summed E-state index contributed by atoms with van der Waals surface area (Å²) in [5.41, 5.74) is 2.01. The lowest BCUT2D eigenvalue weighted by molar-refractivity contribution is 0.0817. The minimum absolute atomic E-state index is 0.0521. The third kappa shape index (κ3) is 5.54. The fourth-order valence-corrected chi connectivity index (χ4v) is 3.79. The molecule has 2 aromatic rings. The van der Waals surface area contributed by atoms with Gasteiger partial charge < -0.3 is 20.1 Å². The summed E-state index contributed by atoms with van der Waals surface area (Å²) in [6, 6.07) is 7.70. The number of ether oxygens (including phenoxy) is 2. The van der Waals surface area contributed by atoms with Crippen molar-refractivity contribution >= 4 is 28.6 Å². The van der Waals surface area contributed by atoms with Gasteiger partial charge in [-0.05, 0) is 26.0 Å². The lowest BCUT2D eigenvalue weighted by Crippen LogP contribution is -2.33. The zero-order valence-electron chi connectivity index (χ0n) is 15.9. The van der Waals surface area contributed by atoms with E-state index in [-0.39, 0.29) is 18.2 Å². The van der Waals surface area contributed by atoms with Crippen molar-refractivity contribution in [3.05, 3.63) is 36.0 Å². The Morgan fingerprint density at radius 1 is 1.39 bits per heavy atom. The lowest BCUT2D eigenvalue weighted by Gasteiger charge is -2.12. The maximum Gasteiger partial charge on any atom is 0.407 e. The van der Waals surface area contributed by atoms with E-state index in [9.17, 15) is 9.00 Å². The number of hydrogen-bond donors (Lipinski definition) is 4. The van der Waals surface area contributed by atoms with Gasteiger partial charge in [0.25, 0.3) is 0 Å². The highest BCUT2D eigenvalue weighted by atomic mass is 32.2. The number of aromatic amines is 1. The van der Waals surface area contributed by atoms with E-state index >= 15 is 0 Å². The van der Waals surface area contributed by atoms with Crippen LogP contribution in [0.2, 0.25) is 0 Å². The van der Waals surface area contributed by atoms with Crippen LogP contribution in [0.1, 0.15) is 25.8 Å². The summed E-state index contributed by atoms with van der Waals surface area (Å²) in [5.74, 6) is 0.825. The molecule has 2 aliphatic rings. The second-order valence-corrected chi connectivity index (χ2v) is 7.92. The molecule has 1 aromatic carbocycles. The normalized spacial score (nSPS) is 20.2. The predicted octanol–water partition coefficient (Wildman–Crippen LogP) is 2.19. The summed E-state index contributed by atoms with van der Waals surface area (Å²) < 4.78 is 24.6. The molecule has 0 radical (unpaired) electrons. The van der Waals surface area contributed by atoms with Crippen LogP contribution in [0, 0.1) is 0 Å². The number of anilines is 2. The first-order valence-corrected chi connectivity index (χ1v) is 10.3. The van der Waals surface area contributed by atoms with Crippen LogP contribution >= 0.6 is 0 Å². The van der Waals surface area contributed by atoms with Crippen molar-refractivity contribution in [2.75, 3.05) is 18.5 Å². The van der Waals surface area contributed by atoms with Crippen molar-refractivity contribution in [2.45, 2.75) is 43.9 Å². The molecule has 4 rings (SSSR count). The Balaban J connectivity index is 0.000000169. The van der Waals surface area contributed by atoms with Crippen LogP contribution in [0.5, 0.6) is 0 Å². The summed E-state index contributed by atoms with van der Waals surface area (Å²) in [4.78, 5) is 11.9. The molecule has 0 spiro atoms. The van der Waals surface area contributed by atoms with E-state index in [2.05, 4.69) is 25.6 Å². The Kier molecular flexibility index (Phi) is 7.01. The van der Waals surface area contributed by atoms with E-state index in [1.807, 2.05) is 38.1 Å². The summed E-state index contributed by atoms with van der Waals surface area (Å²) in [5, 5.41) is 12.6.